The topological polar surface area (TPSA) is 60.4 Å². The van der Waals surface area contributed by atoms with Gasteiger partial charge in [-0.1, -0.05) is 12.1 Å². The van der Waals surface area contributed by atoms with Crippen LogP contribution in [-0.4, -0.2) is 27.1 Å². The summed E-state index contributed by atoms with van der Waals surface area (Å²) in [5.41, 5.74) is -0.200. The fourth-order valence-electron chi connectivity index (χ4n) is 5.62. The summed E-state index contributed by atoms with van der Waals surface area (Å²) in [7, 11) is -3.36. The highest BCUT2D eigenvalue weighted by molar-refractivity contribution is 7.90. The highest BCUT2D eigenvalue weighted by atomic mass is 32.2. The van der Waals surface area contributed by atoms with Crippen molar-refractivity contribution in [1.82, 2.24) is 0 Å². The molecule has 4 nitrogen and oxygen atoms in total. The Morgan fingerprint density at radius 1 is 1.08 bits per heavy atom. The minimum absolute atomic E-state index is 0.0152. The summed E-state index contributed by atoms with van der Waals surface area (Å²) < 4.78 is 29.4. The van der Waals surface area contributed by atoms with Gasteiger partial charge in [-0.3, -0.25) is 4.79 Å². The molecule has 0 N–H and O–H groups in total. The lowest BCUT2D eigenvalue weighted by atomic mass is 9.48. The van der Waals surface area contributed by atoms with Crippen molar-refractivity contribution in [3.63, 3.8) is 0 Å². The summed E-state index contributed by atoms with van der Waals surface area (Å²) in [6.07, 6.45) is 8.08. The predicted molar refractivity (Wildman–Crippen MR) is 90.7 cm³/mol. The SMILES string of the molecule is CS(=O)(=O)c1ccccc1OCC(=O)C12CC3CC(CC(C3)C1)C2. The number of hydrogen-bond acceptors (Lipinski definition) is 4. The molecule has 0 aromatic heterocycles. The molecular formula is C19H24O4S. The number of Topliss-reactive ketones (excluding diaryl/α,β-unsaturated/α-hetero) is 1. The van der Waals surface area contributed by atoms with Gasteiger partial charge in [0, 0.05) is 11.7 Å². The van der Waals surface area contributed by atoms with E-state index < -0.39 is 9.84 Å². The molecule has 1 aromatic rings. The minimum Gasteiger partial charge on any atom is -0.484 e. The van der Waals surface area contributed by atoms with Crippen molar-refractivity contribution >= 4 is 15.6 Å². The van der Waals surface area contributed by atoms with E-state index in [1.807, 2.05) is 0 Å². The zero-order chi connectivity index (χ0) is 16.9. The number of ether oxygens (including phenoxy) is 1. The molecule has 4 fully saturated rings. The Balaban J connectivity index is 1.50. The first kappa shape index (κ1) is 16.1. The van der Waals surface area contributed by atoms with Gasteiger partial charge in [-0.25, -0.2) is 8.42 Å². The normalized spacial score (nSPS) is 34.3. The maximum atomic E-state index is 13.0. The lowest BCUT2D eigenvalue weighted by Crippen LogP contribution is -2.51. The number of para-hydroxylation sites is 1. The van der Waals surface area contributed by atoms with Crippen LogP contribution < -0.4 is 4.74 Å². The molecule has 4 aliphatic carbocycles. The Morgan fingerprint density at radius 3 is 2.17 bits per heavy atom. The molecular weight excluding hydrogens is 324 g/mol. The molecule has 0 aliphatic heterocycles. The number of rotatable bonds is 5. The second kappa shape index (κ2) is 5.58. The van der Waals surface area contributed by atoms with E-state index in [1.165, 1.54) is 25.3 Å². The summed E-state index contributed by atoms with van der Waals surface area (Å²) in [6, 6.07) is 6.56. The molecule has 1 aromatic carbocycles. The Bertz CT molecular complexity index is 730. The molecule has 0 heterocycles. The Hall–Kier alpha value is -1.36. The quantitative estimate of drug-likeness (QED) is 0.819. The Morgan fingerprint density at radius 2 is 1.62 bits per heavy atom. The largest absolute Gasteiger partial charge is 0.484 e. The predicted octanol–water partition coefficient (Wildman–Crippen LogP) is 3.25. The van der Waals surface area contributed by atoms with E-state index in [0.717, 1.165) is 25.5 Å². The van der Waals surface area contributed by atoms with Crippen molar-refractivity contribution in [3.05, 3.63) is 24.3 Å². The van der Waals surface area contributed by atoms with Gasteiger partial charge in [-0.05, 0) is 68.4 Å². The highest BCUT2D eigenvalue weighted by Crippen LogP contribution is 2.60. The number of benzene rings is 1. The second-order valence-corrected chi connectivity index (χ2v) is 10.1. The van der Waals surface area contributed by atoms with E-state index in [9.17, 15) is 13.2 Å². The van der Waals surface area contributed by atoms with E-state index in [0.29, 0.717) is 17.8 Å². The third kappa shape index (κ3) is 2.77. The van der Waals surface area contributed by atoms with Crippen molar-refractivity contribution < 1.29 is 17.9 Å². The fraction of sp³-hybridized carbons (Fsp3) is 0.632. The zero-order valence-electron chi connectivity index (χ0n) is 14.0. The highest BCUT2D eigenvalue weighted by Gasteiger charge is 2.54. The van der Waals surface area contributed by atoms with Crippen molar-refractivity contribution in [2.24, 2.45) is 23.2 Å². The average molecular weight is 348 g/mol. The van der Waals surface area contributed by atoms with Crippen LogP contribution in [0.1, 0.15) is 38.5 Å². The van der Waals surface area contributed by atoms with E-state index in [4.69, 9.17) is 4.74 Å². The zero-order valence-corrected chi connectivity index (χ0v) is 14.8. The molecule has 4 bridgehead atoms. The molecule has 4 saturated carbocycles. The molecule has 0 unspecified atom stereocenters. The number of hydrogen-bond donors (Lipinski definition) is 0. The van der Waals surface area contributed by atoms with Gasteiger partial charge in [-0.2, -0.15) is 0 Å². The first-order valence-corrected chi connectivity index (χ1v) is 10.7. The van der Waals surface area contributed by atoms with Crippen LogP contribution in [0.4, 0.5) is 0 Å². The van der Waals surface area contributed by atoms with Crippen molar-refractivity contribution in [1.29, 1.82) is 0 Å². The van der Waals surface area contributed by atoms with Crippen molar-refractivity contribution in [2.45, 2.75) is 43.4 Å². The average Bonchev–Trinajstić information content (AvgIpc) is 2.50. The van der Waals surface area contributed by atoms with E-state index in [-0.39, 0.29) is 28.5 Å². The van der Waals surface area contributed by atoms with Crippen LogP contribution in [0, 0.1) is 23.2 Å². The van der Waals surface area contributed by atoms with E-state index in [2.05, 4.69) is 0 Å². The molecule has 130 valence electrons. The third-order valence-corrected chi connectivity index (χ3v) is 7.37. The molecule has 5 rings (SSSR count). The standard InChI is InChI=1S/C19H24O4S/c1-24(21,22)17-5-3-2-4-16(17)23-12-18(20)19-9-13-6-14(10-19)8-15(7-13)11-19/h2-5,13-15H,6-12H2,1H3. The molecule has 0 spiro atoms. The van der Waals surface area contributed by atoms with Gasteiger partial charge in [0.25, 0.3) is 0 Å². The molecule has 0 atom stereocenters. The minimum atomic E-state index is -3.36. The van der Waals surface area contributed by atoms with E-state index in [1.54, 1.807) is 18.2 Å². The van der Waals surface area contributed by atoms with Crippen molar-refractivity contribution in [3.8, 4) is 5.75 Å². The van der Waals surface area contributed by atoms with Gasteiger partial charge in [-0.15, -0.1) is 0 Å². The second-order valence-electron chi connectivity index (χ2n) is 8.13. The molecule has 4 aliphatic rings. The summed E-state index contributed by atoms with van der Waals surface area (Å²) >= 11 is 0. The number of carbonyl (C=O) groups excluding carboxylic acids is 1. The van der Waals surface area contributed by atoms with Crippen LogP contribution in [-0.2, 0) is 14.6 Å². The van der Waals surface area contributed by atoms with E-state index >= 15 is 0 Å². The van der Waals surface area contributed by atoms with Gasteiger partial charge in [0.15, 0.2) is 15.6 Å². The summed E-state index contributed by atoms with van der Waals surface area (Å²) in [6.45, 7) is -0.0152. The first-order valence-electron chi connectivity index (χ1n) is 8.81. The van der Waals surface area contributed by atoms with Gasteiger partial charge in [0.1, 0.15) is 17.3 Å². The Kier molecular flexibility index (Phi) is 3.75. The van der Waals surface area contributed by atoms with Crippen LogP contribution in [0.25, 0.3) is 0 Å². The van der Waals surface area contributed by atoms with Crippen LogP contribution in [0.2, 0.25) is 0 Å². The number of sulfone groups is 1. The van der Waals surface area contributed by atoms with Gasteiger partial charge in [0.05, 0.1) is 0 Å². The Labute approximate surface area is 143 Å². The van der Waals surface area contributed by atoms with Gasteiger partial charge in [0.2, 0.25) is 0 Å². The first-order chi connectivity index (χ1) is 11.4. The fourth-order valence-corrected chi connectivity index (χ4v) is 6.44. The molecule has 5 heteroatoms. The summed E-state index contributed by atoms with van der Waals surface area (Å²) in [5, 5.41) is 0. The van der Waals surface area contributed by atoms with Crippen molar-refractivity contribution in [2.75, 3.05) is 12.9 Å². The summed E-state index contributed by atoms with van der Waals surface area (Å²) in [5.74, 6) is 2.60. The van der Waals surface area contributed by atoms with Crippen LogP contribution in [0.3, 0.4) is 0 Å². The lowest BCUT2D eigenvalue weighted by Gasteiger charge is -2.55. The summed E-state index contributed by atoms with van der Waals surface area (Å²) in [4.78, 5) is 13.1. The third-order valence-electron chi connectivity index (χ3n) is 6.24. The molecule has 24 heavy (non-hydrogen) atoms. The van der Waals surface area contributed by atoms with Crippen LogP contribution in [0.15, 0.2) is 29.2 Å². The van der Waals surface area contributed by atoms with Gasteiger partial charge >= 0.3 is 0 Å². The molecule has 0 saturated heterocycles. The number of carbonyl (C=O) groups is 1. The molecule has 0 radical (unpaired) electrons. The molecule has 0 amide bonds. The van der Waals surface area contributed by atoms with Gasteiger partial charge < -0.3 is 4.74 Å². The maximum Gasteiger partial charge on any atom is 0.179 e. The maximum absolute atomic E-state index is 13.0. The number of ketones is 1. The smallest absolute Gasteiger partial charge is 0.179 e. The van der Waals surface area contributed by atoms with Crippen LogP contribution in [0.5, 0.6) is 5.75 Å². The lowest BCUT2D eigenvalue weighted by molar-refractivity contribution is -0.146. The monoisotopic (exact) mass is 348 g/mol. The van der Waals surface area contributed by atoms with Crippen LogP contribution >= 0.6 is 0 Å².